The molecule has 3 aromatic rings. The van der Waals surface area contributed by atoms with Gasteiger partial charge in [0.15, 0.2) is 0 Å². The number of ether oxygens (including phenoxy) is 2. The molecule has 2 aromatic carbocycles. The number of benzene rings is 2. The van der Waals surface area contributed by atoms with E-state index in [-0.39, 0.29) is 36.4 Å². The minimum Gasteiger partial charge on any atom is -0.497 e. The van der Waals surface area contributed by atoms with Crippen molar-refractivity contribution in [3.8, 4) is 5.75 Å². The lowest BCUT2D eigenvalue weighted by atomic mass is 10.0. The molecule has 4 rings (SSSR count). The Balaban J connectivity index is 1.46. The summed E-state index contributed by atoms with van der Waals surface area (Å²) >= 11 is 0. The summed E-state index contributed by atoms with van der Waals surface area (Å²) in [5.41, 5.74) is 2.73. The minimum atomic E-state index is -1.01. The summed E-state index contributed by atoms with van der Waals surface area (Å²) in [6.07, 6.45) is 1.37. The molecule has 0 bridgehead atoms. The second kappa shape index (κ2) is 9.62. The molecule has 1 atom stereocenters. The van der Waals surface area contributed by atoms with E-state index >= 15 is 0 Å². The molecule has 2 amide bonds. The predicted octanol–water partition coefficient (Wildman–Crippen LogP) is 4.25. The monoisotopic (exact) mass is 461 g/mol. The van der Waals surface area contributed by atoms with Gasteiger partial charge in [-0.3, -0.25) is 5.32 Å². The summed E-state index contributed by atoms with van der Waals surface area (Å²) in [6.45, 7) is 2.18. The summed E-state index contributed by atoms with van der Waals surface area (Å²) < 4.78 is 10.5. The molecule has 174 valence electrons. The second-order valence-corrected chi connectivity index (χ2v) is 7.82. The predicted molar refractivity (Wildman–Crippen MR) is 123 cm³/mol. The molecule has 1 unspecified atom stereocenters. The number of esters is 1. The van der Waals surface area contributed by atoms with Crippen LogP contribution in [0.5, 0.6) is 5.75 Å². The standard InChI is InChI=1S/C25H23N3O6/c1-15(17-5-7-18(8-6-17)23(29)30)28-13-20-11-19(12-26-22(20)27-25(28)32)24(31)34-14-16-3-9-21(33-2)10-4-16/h3-12,15H,13-14H2,1-2H3,(H,29,30)(H,26,27,32). The highest BCUT2D eigenvalue weighted by atomic mass is 16.5. The van der Waals surface area contributed by atoms with E-state index in [1.165, 1.54) is 18.3 Å². The van der Waals surface area contributed by atoms with Gasteiger partial charge >= 0.3 is 18.0 Å². The zero-order valence-electron chi connectivity index (χ0n) is 18.6. The van der Waals surface area contributed by atoms with Crippen LogP contribution >= 0.6 is 0 Å². The molecule has 2 heterocycles. The largest absolute Gasteiger partial charge is 0.497 e. The van der Waals surface area contributed by atoms with Gasteiger partial charge in [-0.05, 0) is 48.4 Å². The van der Waals surface area contributed by atoms with Gasteiger partial charge in [0.2, 0.25) is 0 Å². The zero-order valence-corrected chi connectivity index (χ0v) is 18.6. The first-order valence-corrected chi connectivity index (χ1v) is 10.6. The Morgan fingerprint density at radius 2 is 1.82 bits per heavy atom. The molecular formula is C25H23N3O6. The van der Waals surface area contributed by atoms with Gasteiger partial charge in [0.05, 0.1) is 30.8 Å². The molecule has 0 aliphatic carbocycles. The molecule has 9 nitrogen and oxygen atoms in total. The number of aromatic carboxylic acids is 1. The Bertz CT molecular complexity index is 1220. The van der Waals surface area contributed by atoms with Crippen LogP contribution < -0.4 is 10.1 Å². The Labute approximate surface area is 195 Å². The number of nitrogens with one attached hydrogen (secondary N) is 1. The summed E-state index contributed by atoms with van der Waals surface area (Å²) in [6, 6.07) is 14.6. The van der Waals surface area contributed by atoms with Crippen molar-refractivity contribution in [3.63, 3.8) is 0 Å². The Morgan fingerprint density at radius 1 is 1.12 bits per heavy atom. The van der Waals surface area contributed by atoms with Gasteiger partial charge in [-0.15, -0.1) is 0 Å². The number of carboxylic acid groups (broad SMARTS) is 1. The van der Waals surface area contributed by atoms with Crippen molar-refractivity contribution in [3.05, 3.63) is 88.6 Å². The number of methoxy groups -OCH3 is 1. The number of hydrogen-bond acceptors (Lipinski definition) is 6. The smallest absolute Gasteiger partial charge is 0.340 e. The van der Waals surface area contributed by atoms with E-state index in [1.54, 1.807) is 42.3 Å². The average Bonchev–Trinajstić information content (AvgIpc) is 2.86. The third-order valence-corrected chi connectivity index (χ3v) is 5.67. The van der Waals surface area contributed by atoms with Crippen molar-refractivity contribution >= 4 is 23.8 Å². The highest BCUT2D eigenvalue weighted by Gasteiger charge is 2.29. The number of aromatic nitrogens is 1. The van der Waals surface area contributed by atoms with Crippen molar-refractivity contribution in [1.29, 1.82) is 0 Å². The first kappa shape index (κ1) is 22.8. The number of carbonyl (C=O) groups excluding carboxylic acids is 2. The number of fused-ring (bicyclic) bond motifs is 1. The molecule has 0 radical (unpaired) electrons. The number of amides is 2. The lowest BCUT2D eigenvalue weighted by Gasteiger charge is -2.34. The topological polar surface area (TPSA) is 118 Å². The Kier molecular flexibility index (Phi) is 6.44. The molecule has 34 heavy (non-hydrogen) atoms. The first-order valence-electron chi connectivity index (χ1n) is 10.6. The van der Waals surface area contributed by atoms with Crippen LogP contribution in [-0.4, -0.2) is 40.1 Å². The molecule has 1 aromatic heterocycles. The maximum atomic E-state index is 12.7. The van der Waals surface area contributed by atoms with Crippen molar-refractivity contribution in [1.82, 2.24) is 9.88 Å². The molecule has 0 fully saturated rings. The van der Waals surface area contributed by atoms with Crippen LogP contribution in [-0.2, 0) is 17.9 Å². The van der Waals surface area contributed by atoms with Gasteiger partial charge < -0.3 is 19.5 Å². The van der Waals surface area contributed by atoms with Crippen LogP contribution in [0.3, 0.4) is 0 Å². The molecule has 9 heteroatoms. The quantitative estimate of drug-likeness (QED) is 0.505. The van der Waals surface area contributed by atoms with Crippen molar-refractivity contribution in [2.45, 2.75) is 26.1 Å². The molecule has 1 aliphatic rings. The summed E-state index contributed by atoms with van der Waals surface area (Å²) in [7, 11) is 1.58. The molecular weight excluding hydrogens is 438 g/mol. The average molecular weight is 461 g/mol. The Morgan fingerprint density at radius 3 is 2.47 bits per heavy atom. The van der Waals surface area contributed by atoms with Crippen LogP contribution in [0.1, 0.15) is 50.4 Å². The van der Waals surface area contributed by atoms with Crippen LogP contribution in [0.25, 0.3) is 0 Å². The van der Waals surface area contributed by atoms with Gasteiger partial charge in [0.1, 0.15) is 18.2 Å². The van der Waals surface area contributed by atoms with Gasteiger partial charge in [-0.2, -0.15) is 0 Å². The fourth-order valence-corrected chi connectivity index (χ4v) is 3.63. The minimum absolute atomic E-state index is 0.103. The van der Waals surface area contributed by atoms with E-state index in [0.29, 0.717) is 17.1 Å². The molecule has 0 spiro atoms. The van der Waals surface area contributed by atoms with Gasteiger partial charge in [-0.1, -0.05) is 24.3 Å². The molecule has 1 aliphatic heterocycles. The fourth-order valence-electron chi connectivity index (χ4n) is 3.63. The number of nitrogens with zero attached hydrogens (tertiary/aromatic N) is 2. The van der Waals surface area contributed by atoms with E-state index in [9.17, 15) is 14.4 Å². The third-order valence-electron chi connectivity index (χ3n) is 5.67. The number of anilines is 1. The summed E-state index contributed by atoms with van der Waals surface area (Å²) in [4.78, 5) is 42.1. The third kappa shape index (κ3) is 4.83. The fraction of sp³-hybridized carbons (Fsp3) is 0.200. The van der Waals surface area contributed by atoms with Crippen LogP contribution in [0.2, 0.25) is 0 Å². The van der Waals surface area contributed by atoms with Crippen molar-refractivity contribution in [2.75, 3.05) is 12.4 Å². The molecule has 0 saturated heterocycles. The highest BCUT2D eigenvalue weighted by Crippen LogP contribution is 2.29. The Hall–Kier alpha value is -4.40. The number of carboxylic acids is 1. The zero-order chi connectivity index (χ0) is 24.2. The number of urea groups is 1. The molecule has 0 saturated carbocycles. The van der Waals surface area contributed by atoms with Gasteiger partial charge in [0, 0.05) is 11.8 Å². The second-order valence-electron chi connectivity index (χ2n) is 7.82. The molecule has 2 N–H and O–H groups in total. The first-order chi connectivity index (χ1) is 16.4. The van der Waals surface area contributed by atoms with Crippen LogP contribution in [0.15, 0.2) is 60.8 Å². The number of hydrogen-bond donors (Lipinski definition) is 2. The van der Waals surface area contributed by atoms with E-state index < -0.39 is 11.9 Å². The maximum absolute atomic E-state index is 12.7. The van der Waals surface area contributed by atoms with Gasteiger partial charge in [0.25, 0.3) is 0 Å². The van der Waals surface area contributed by atoms with Gasteiger partial charge in [-0.25, -0.2) is 19.4 Å². The normalized spacial score (nSPS) is 13.5. The lowest BCUT2D eigenvalue weighted by Crippen LogP contribution is -2.40. The van der Waals surface area contributed by atoms with E-state index in [1.807, 2.05) is 19.1 Å². The highest BCUT2D eigenvalue weighted by molar-refractivity contribution is 5.94. The summed E-state index contributed by atoms with van der Waals surface area (Å²) in [5, 5.41) is 11.8. The number of carbonyl (C=O) groups is 3. The maximum Gasteiger partial charge on any atom is 0.340 e. The van der Waals surface area contributed by atoms with Crippen LogP contribution in [0, 0.1) is 0 Å². The van der Waals surface area contributed by atoms with Crippen molar-refractivity contribution < 1.29 is 29.0 Å². The number of pyridine rings is 1. The van der Waals surface area contributed by atoms with E-state index in [2.05, 4.69) is 10.3 Å². The number of rotatable bonds is 7. The summed E-state index contributed by atoms with van der Waals surface area (Å²) in [5.74, 6) is -0.429. The lowest BCUT2D eigenvalue weighted by molar-refractivity contribution is 0.0471. The van der Waals surface area contributed by atoms with Crippen LogP contribution in [0.4, 0.5) is 10.6 Å². The van der Waals surface area contributed by atoms with Crippen molar-refractivity contribution in [2.24, 2.45) is 0 Å². The van der Waals surface area contributed by atoms with E-state index in [4.69, 9.17) is 14.6 Å². The van der Waals surface area contributed by atoms with E-state index in [0.717, 1.165) is 11.1 Å². The SMILES string of the molecule is COc1ccc(COC(=O)c2cnc3c(c2)CN(C(C)c2ccc(C(=O)O)cc2)C(=O)N3)cc1.